The van der Waals surface area contributed by atoms with Gasteiger partial charge in [0.1, 0.15) is 23.6 Å². The normalized spacial score (nSPS) is 10.5. The Kier molecular flexibility index (Phi) is 8.50. The molecule has 0 saturated carbocycles. The molecule has 0 bridgehead atoms. The lowest BCUT2D eigenvalue weighted by Crippen LogP contribution is -2.30. The highest BCUT2D eigenvalue weighted by molar-refractivity contribution is 5.96. The van der Waals surface area contributed by atoms with E-state index in [2.05, 4.69) is 31.2 Å². The third-order valence-corrected chi connectivity index (χ3v) is 5.42. The van der Waals surface area contributed by atoms with Crippen LogP contribution in [0.15, 0.2) is 67.0 Å². The molecule has 0 saturated heterocycles. The van der Waals surface area contributed by atoms with Crippen molar-refractivity contribution in [1.82, 2.24) is 20.6 Å². The van der Waals surface area contributed by atoms with Crippen LogP contribution in [0.3, 0.4) is 0 Å². The summed E-state index contributed by atoms with van der Waals surface area (Å²) in [5.74, 6) is 0.905. The minimum atomic E-state index is -0.377. The second kappa shape index (κ2) is 12.3. The molecule has 1 aromatic heterocycles. The van der Waals surface area contributed by atoms with Crippen LogP contribution in [0.5, 0.6) is 17.4 Å². The predicted molar refractivity (Wildman–Crippen MR) is 142 cm³/mol. The van der Waals surface area contributed by atoms with Crippen LogP contribution < -0.4 is 30.7 Å². The van der Waals surface area contributed by atoms with Gasteiger partial charge in [-0.3, -0.25) is 0 Å². The summed E-state index contributed by atoms with van der Waals surface area (Å²) in [5, 5.41) is 11.5. The van der Waals surface area contributed by atoms with Crippen molar-refractivity contribution in [3.8, 4) is 17.4 Å². The van der Waals surface area contributed by atoms with E-state index < -0.39 is 0 Å². The van der Waals surface area contributed by atoms with E-state index in [1.54, 1.807) is 48.5 Å². The average molecular weight is 519 g/mol. The van der Waals surface area contributed by atoms with Gasteiger partial charge in [-0.1, -0.05) is 12.1 Å². The molecule has 0 aliphatic rings. The molecule has 4 N–H and O–H groups in total. The van der Waals surface area contributed by atoms with Crippen molar-refractivity contribution in [2.45, 2.75) is 13.3 Å². The number of nitrogens with zero attached hydrogens (tertiary/aromatic N) is 2. The van der Waals surface area contributed by atoms with Crippen LogP contribution in [-0.4, -0.2) is 42.2 Å². The summed E-state index contributed by atoms with van der Waals surface area (Å²) in [4.78, 5) is 32.8. The number of amides is 4. The van der Waals surface area contributed by atoms with E-state index in [9.17, 15) is 14.0 Å². The smallest absolute Gasteiger partial charge is 0.319 e. The van der Waals surface area contributed by atoms with E-state index in [0.717, 1.165) is 5.56 Å². The van der Waals surface area contributed by atoms with Crippen molar-refractivity contribution < 1.29 is 23.5 Å². The monoisotopic (exact) mass is 518 g/mol. The number of halogens is 1. The first-order valence-corrected chi connectivity index (χ1v) is 11.9. The number of urea groups is 2. The van der Waals surface area contributed by atoms with Gasteiger partial charge in [0.15, 0.2) is 0 Å². The molecule has 196 valence electrons. The van der Waals surface area contributed by atoms with Crippen LogP contribution in [-0.2, 0) is 6.42 Å². The van der Waals surface area contributed by atoms with Crippen molar-refractivity contribution >= 4 is 34.3 Å². The maximum Gasteiger partial charge on any atom is 0.319 e. The first-order chi connectivity index (χ1) is 18.4. The van der Waals surface area contributed by atoms with Gasteiger partial charge >= 0.3 is 12.1 Å². The van der Waals surface area contributed by atoms with Crippen LogP contribution in [0.4, 0.5) is 25.4 Å². The Morgan fingerprint density at radius 2 is 1.74 bits per heavy atom. The van der Waals surface area contributed by atoms with Gasteiger partial charge in [-0.25, -0.2) is 23.9 Å². The highest BCUT2D eigenvalue weighted by Crippen LogP contribution is 2.34. The number of anilines is 2. The third kappa shape index (κ3) is 6.84. The van der Waals surface area contributed by atoms with E-state index >= 15 is 0 Å². The zero-order valence-corrected chi connectivity index (χ0v) is 20.9. The molecule has 3 aromatic carbocycles. The number of hydrogen-bond acceptors (Lipinski definition) is 6. The summed E-state index contributed by atoms with van der Waals surface area (Å²) >= 11 is 0. The van der Waals surface area contributed by atoms with Crippen LogP contribution in [0.1, 0.15) is 12.5 Å². The fraction of sp³-hybridized carbons (Fsp3) is 0.185. The van der Waals surface area contributed by atoms with Crippen LogP contribution >= 0.6 is 0 Å². The van der Waals surface area contributed by atoms with E-state index in [-0.39, 0.29) is 23.8 Å². The zero-order valence-electron chi connectivity index (χ0n) is 20.9. The molecule has 4 rings (SSSR count). The Bertz CT molecular complexity index is 1430. The number of hydrogen-bond donors (Lipinski definition) is 4. The minimum absolute atomic E-state index is 0.285. The molecule has 38 heavy (non-hydrogen) atoms. The van der Waals surface area contributed by atoms with Gasteiger partial charge in [-0.15, -0.1) is 0 Å². The minimum Gasteiger partial charge on any atom is -0.494 e. The van der Waals surface area contributed by atoms with Crippen LogP contribution in [0.2, 0.25) is 0 Å². The zero-order chi connectivity index (χ0) is 26.9. The third-order valence-electron chi connectivity index (χ3n) is 5.42. The lowest BCUT2D eigenvalue weighted by molar-refractivity contribution is 0.251. The number of carbonyl (C=O) groups excluding carboxylic acids is 2. The summed E-state index contributed by atoms with van der Waals surface area (Å²) in [6, 6.07) is 15.6. The molecular formula is C27H27FN6O4. The van der Waals surface area contributed by atoms with E-state index in [0.29, 0.717) is 53.3 Å². The second-order valence-electron chi connectivity index (χ2n) is 8.12. The molecule has 0 unspecified atom stereocenters. The number of nitrogens with one attached hydrogen (secondary N) is 4. The molecule has 0 radical (unpaired) electrons. The molecule has 4 aromatic rings. The SMILES string of the molecule is CCNC(=O)Nc1cc2c(Oc3ccc(NC(=O)NCCc4cccc(F)c4)cc3)ncnc2cc1OC. The van der Waals surface area contributed by atoms with Crippen molar-refractivity contribution in [2.24, 2.45) is 0 Å². The van der Waals surface area contributed by atoms with Crippen LogP contribution in [0, 0.1) is 5.82 Å². The quantitative estimate of drug-likeness (QED) is 0.245. The number of fused-ring (bicyclic) bond motifs is 1. The second-order valence-corrected chi connectivity index (χ2v) is 8.12. The number of rotatable bonds is 9. The Hall–Kier alpha value is -4.93. The number of ether oxygens (including phenoxy) is 2. The van der Waals surface area contributed by atoms with Gasteiger partial charge in [-0.2, -0.15) is 0 Å². The first-order valence-electron chi connectivity index (χ1n) is 11.9. The average Bonchev–Trinajstić information content (AvgIpc) is 2.90. The van der Waals surface area contributed by atoms with Gasteiger partial charge in [0.2, 0.25) is 5.88 Å². The van der Waals surface area contributed by atoms with E-state index in [1.165, 1.54) is 25.6 Å². The molecule has 11 heteroatoms. The number of methoxy groups -OCH3 is 1. The topological polar surface area (TPSA) is 127 Å². The Balaban J connectivity index is 1.40. The van der Waals surface area contributed by atoms with Crippen molar-refractivity contribution in [1.29, 1.82) is 0 Å². The Morgan fingerprint density at radius 1 is 0.947 bits per heavy atom. The van der Waals surface area contributed by atoms with Crippen LogP contribution in [0.25, 0.3) is 10.9 Å². The number of aromatic nitrogens is 2. The largest absolute Gasteiger partial charge is 0.494 e. The number of carbonyl (C=O) groups is 2. The standard InChI is InChI=1S/C27H27FN6O4/c1-3-29-26(35)34-23-14-21-22(15-24(23)37-2)31-16-32-25(21)38-20-9-7-19(8-10-20)33-27(36)30-12-11-17-5-4-6-18(28)13-17/h4-10,13-16H,3,11-12H2,1-2H3,(H2,29,34,35)(H2,30,33,36). The maximum absolute atomic E-state index is 13.3. The molecule has 0 aliphatic carbocycles. The lowest BCUT2D eigenvalue weighted by atomic mass is 10.1. The molecule has 0 fully saturated rings. The Morgan fingerprint density at radius 3 is 2.47 bits per heavy atom. The maximum atomic E-state index is 13.3. The molecule has 1 heterocycles. The van der Waals surface area contributed by atoms with Gasteiger partial charge in [-0.05, 0) is 61.4 Å². The molecule has 10 nitrogen and oxygen atoms in total. The summed E-state index contributed by atoms with van der Waals surface area (Å²) in [6.07, 6.45) is 1.88. The summed E-state index contributed by atoms with van der Waals surface area (Å²) < 4.78 is 24.6. The molecular weight excluding hydrogens is 491 g/mol. The van der Waals surface area contributed by atoms with Gasteiger partial charge in [0.25, 0.3) is 0 Å². The molecule has 0 aliphatic heterocycles. The predicted octanol–water partition coefficient (Wildman–Crippen LogP) is 5.08. The van der Waals surface area contributed by atoms with Gasteiger partial charge < -0.3 is 30.7 Å². The van der Waals surface area contributed by atoms with E-state index in [4.69, 9.17) is 9.47 Å². The van der Waals surface area contributed by atoms with Crippen molar-refractivity contribution in [2.75, 3.05) is 30.8 Å². The summed E-state index contributed by atoms with van der Waals surface area (Å²) in [7, 11) is 1.50. The number of benzene rings is 3. The highest BCUT2D eigenvalue weighted by atomic mass is 19.1. The van der Waals surface area contributed by atoms with Gasteiger partial charge in [0, 0.05) is 24.8 Å². The molecule has 4 amide bonds. The molecule has 0 spiro atoms. The summed E-state index contributed by atoms with van der Waals surface area (Å²) in [6.45, 7) is 2.65. The molecule has 0 atom stereocenters. The fourth-order valence-electron chi connectivity index (χ4n) is 3.64. The lowest BCUT2D eigenvalue weighted by Gasteiger charge is -2.13. The summed E-state index contributed by atoms with van der Waals surface area (Å²) in [5.41, 5.74) is 2.37. The fourth-order valence-corrected chi connectivity index (χ4v) is 3.64. The first kappa shape index (κ1) is 26.1. The van der Waals surface area contributed by atoms with E-state index in [1.807, 2.05) is 6.92 Å². The van der Waals surface area contributed by atoms with Gasteiger partial charge in [0.05, 0.1) is 23.7 Å². The highest BCUT2D eigenvalue weighted by Gasteiger charge is 2.14. The Labute approximate surface area is 218 Å². The van der Waals surface area contributed by atoms with Crippen molar-refractivity contribution in [3.63, 3.8) is 0 Å². The van der Waals surface area contributed by atoms with Crippen molar-refractivity contribution in [3.05, 3.63) is 78.4 Å².